The molecule has 0 aromatic heterocycles. The van der Waals surface area contributed by atoms with Crippen LogP contribution in [0.25, 0.3) is 0 Å². The number of rotatable bonds is 2. The number of ketones is 1. The molecule has 3 rings (SSSR count). The van der Waals surface area contributed by atoms with Crippen LogP contribution >= 0.6 is 15.9 Å². The van der Waals surface area contributed by atoms with Gasteiger partial charge in [-0.05, 0) is 49.8 Å². The average Bonchev–Trinajstić information content (AvgIpc) is 2.64. The molecular formula is C18H23BrO2. The lowest BCUT2D eigenvalue weighted by atomic mass is 9.84. The maximum Gasteiger partial charge on any atom is 0.170 e. The number of benzene rings is 1. The second-order valence-corrected chi connectivity index (χ2v) is 7.53. The fourth-order valence-electron chi connectivity index (χ4n) is 3.89. The van der Waals surface area contributed by atoms with Crippen molar-refractivity contribution in [3.05, 3.63) is 28.2 Å². The summed E-state index contributed by atoms with van der Waals surface area (Å²) in [4.78, 5) is 12.5. The summed E-state index contributed by atoms with van der Waals surface area (Å²) in [6.45, 7) is 2.26. The number of carbonyl (C=O) groups excluding carboxylic acids is 1. The van der Waals surface area contributed by atoms with E-state index in [0.717, 1.165) is 34.5 Å². The van der Waals surface area contributed by atoms with Gasteiger partial charge in [-0.1, -0.05) is 42.1 Å². The van der Waals surface area contributed by atoms with Crippen molar-refractivity contribution in [3.8, 4) is 5.75 Å². The molecule has 0 radical (unpaired) electrons. The molecule has 1 spiro atoms. The zero-order chi connectivity index (χ0) is 14.9. The fraction of sp³-hybridized carbons (Fsp3) is 0.611. The average molecular weight is 351 g/mol. The van der Waals surface area contributed by atoms with E-state index in [9.17, 15) is 4.79 Å². The number of fused-ring (bicyclic) bond motifs is 1. The smallest absolute Gasteiger partial charge is 0.170 e. The van der Waals surface area contributed by atoms with Gasteiger partial charge in [-0.2, -0.15) is 0 Å². The van der Waals surface area contributed by atoms with Crippen molar-refractivity contribution in [1.29, 1.82) is 0 Å². The molecule has 1 saturated carbocycles. The van der Waals surface area contributed by atoms with Crippen LogP contribution in [0.2, 0.25) is 0 Å². The number of Topliss-reactive ketones (excluding diaryl/α,β-unsaturated/α-hetero) is 1. The Kier molecular flexibility index (Phi) is 4.39. The van der Waals surface area contributed by atoms with Crippen LogP contribution in [0.5, 0.6) is 5.75 Å². The topological polar surface area (TPSA) is 26.3 Å². The van der Waals surface area contributed by atoms with Gasteiger partial charge in [0.15, 0.2) is 5.78 Å². The lowest BCUT2D eigenvalue weighted by Gasteiger charge is -2.37. The number of ether oxygens (including phenoxy) is 1. The van der Waals surface area contributed by atoms with Crippen molar-refractivity contribution in [1.82, 2.24) is 0 Å². The molecule has 0 saturated heterocycles. The minimum atomic E-state index is -0.236. The standard InChI is InChI=1S/C18H23BrO2/c1-2-4-13-5-3-9-18(10-8-13)12-16(20)15-11-14(19)6-7-17(15)21-18/h6-7,11,13H,2-5,8-10,12H2,1H3. The lowest BCUT2D eigenvalue weighted by Crippen LogP contribution is -2.41. The Hall–Kier alpha value is -0.830. The van der Waals surface area contributed by atoms with Crippen LogP contribution < -0.4 is 4.74 Å². The van der Waals surface area contributed by atoms with Gasteiger partial charge >= 0.3 is 0 Å². The van der Waals surface area contributed by atoms with Crippen LogP contribution in [0.1, 0.15) is 68.6 Å². The summed E-state index contributed by atoms with van der Waals surface area (Å²) in [6.07, 6.45) is 8.85. The van der Waals surface area contributed by atoms with E-state index < -0.39 is 0 Å². The molecule has 2 aliphatic rings. The third kappa shape index (κ3) is 3.18. The normalized spacial score (nSPS) is 28.9. The van der Waals surface area contributed by atoms with Crippen LogP contribution in [0.15, 0.2) is 22.7 Å². The van der Waals surface area contributed by atoms with E-state index in [2.05, 4.69) is 22.9 Å². The minimum Gasteiger partial charge on any atom is -0.486 e. The molecule has 2 atom stereocenters. The summed E-state index contributed by atoms with van der Waals surface area (Å²) in [5, 5.41) is 0. The molecule has 1 aromatic rings. The first-order valence-corrected chi connectivity index (χ1v) is 8.93. The molecule has 1 aromatic carbocycles. The highest BCUT2D eigenvalue weighted by molar-refractivity contribution is 9.10. The van der Waals surface area contributed by atoms with Crippen molar-refractivity contribution in [2.45, 2.75) is 63.9 Å². The van der Waals surface area contributed by atoms with Crippen LogP contribution in [-0.2, 0) is 0 Å². The van der Waals surface area contributed by atoms with E-state index in [4.69, 9.17) is 4.74 Å². The predicted molar refractivity (Wildman–Crippen MR) is 87.9 cm³/mol. The Balaban J connectivity index is 1.81. The van der Waals surface area contributed by atoms with Crippen LogP contribution in [-0.4, -0.2) is 11.4 Å². The summed E-state index contributed by atoms with van der Waals surface area (Å²) >= 11 is 3.44. The van der Waals surface area contributed by atoms with Crippen molar-refractivity contribution < 1.29 is 9.53 Å². The SMILES string of the molecule is CCCC1CCCC2(CC1)CC(=O)c1cc(Br)ccc1O2. The van der Waals surface area contributed by atoms with Gasteiger partial charge in [-0.25, -0.2) is 0 Å². The van der Waals surface area contributed by atoms with Gasteiger partial charge in [0.25, 0.3) is 0 Å². The van der Waals surface area contributed by atoms with Crippen molar-refractivity contribution in [2.24, 2.45) is 5.92 Å². The molecule has 1 aliphatic heterocycles. The van der Waals surface area contributed by atoms with E-state index in [1.807, 2.05) is 18.2 Å². The van der Waals surface area contributed by atoms with E-state index in [1.54, 1.807) is 0 Å². The third-order valence-corrected chi connectivity index (χ3v) is 5.49. The fourth-order valence-corrected chi connectivity index (χ4v) is 4.25. The Morgan fingerprint density at radius 2 is 2.19 bits per heavy atom. The quantitative estimate of drug-likeness (QED) is 0.700. The van der Waals surface area contributed by atoms with E-state index >= 15 is 0 Å². The van der Waals surface area contributed by atoms with Gasteiger partial charge in [0.05, 0.1) is 12.0 Å². The molecule has 1 heterocycles. The Labute approximate surface area is 135 Å². The van der Waals surface area contributed by atoms with Gasteiger partial charge in [-0.3, -0.25) is 4.79 Å². The van der Waals surface area contributed by atoms with Crippen LogP contribution in [0.4, 0.5) is 0 Å². The molecule has 3 heteroatoms. The highest BCUT2D eigenvalue weighted by atomic mass is 79.9. The molecule has 1 fully saturated rings. The Morgan fingerprint density at radius 1 is 1.33 bits per heavy atom. The maximum absolute atomic E-state index is 12.5. The van der Waals surface area contributed by atoms with E-state index in [1.165, 1.54) is 32.1 Å². The summed E-state index contributed by atoms with van der Waals surface area (Å²) in [5.74, 6) is 1.84. The summed E-state index contributed by atoms with van der Waals surface area (Å²) in [6, 6.07) is 5.79. The van der Waals surface area contributed by atoms with Gasteiger partial charge in [-0.15, -0.1) is 0 Å². The first kappa shape index (κ1) is 15.1. The summed E-state index contributed by atoms with van der Waals surface area (Å²) < 4.78 is 7.29. The lowest BCUT2D eigenvalue weighted by molar-refractivity contribution is 0.0289. The monoisotopic (exact) mass is 350 g/mol. The van der Waals surface area contributed by atoms with Gasteiger partial charge in [0.1, 0.15) is 11.4 Å². The van der Waals surface area contributed by atoms with Crippen molar-refractivity contribution in [2.75, 3.05) is 0 Å². The van der Waals surface area contributed by atoms with Crippen molar-refractivity contribution >= 4 is 21.7 Å². The number of carbonyl (C=O) groups is 1. The largest absolute Gasteiger partial charge is 0.486 e. The molecule has 21 heavy (non-hydrogen) atoms. The molecule has 2 nitrogen and oxygen atoms in total. The second kappa shape index (κ2) is 6.12. The van der Waals surface area contributed by atoms with Gasteiger partial charge in [0, 0.05) is 4.47 Å². The Morgan fingerprint density at radius 3 is 3.00 bits per heavy atom. The third-order valence-electron chi connectivity index (χ3n) is 5.00. The number of hydrogen-bond donors (Lipinski definition) is 0. The second-order valence-electron chi connectivity index (χ2n) is 6.61. The number of halogens is 1. The first-order chi connectivity index (χ1) is 10.1. The van der Waals surface area contributed by atoms with Gasteiger partial charge < -0.3 is 4.74 Å². The number of hydrogen-bond acceptors (Lipinski definition) is 2. The van der Waals surface area contributed by atoms with Crippen LogP contribution in [0, 0.1) is 5.92 Å². The molecule has 114 valence electrons. The molecule has 1 aliphatic carbocycles. The van der Waals surface area contributed by atoms with Crippen molar-refractivity contribution in [3.63, 3.8) is 0 Å². The molecular weight excluding hydrogens is 328 g/mol. The summed E-state index contributed by atoms with van der Waals surface area (Å²) in [7, 11) is 0. The highest BCUT2D eigenvalue weighted by Gasteiger charge is 2.41. The Bertz CT molecular complexity index is 540. The van der Waals surface area contributed by atoms with Gasteiger partial charge in [0.2, 0.25) is 0 Å². The maximum atomic E-state index is 12.5. The zero-order valence-corrected chi connectivity index (χ0v) is 14.2. The first-order valence-electron chi connectivity index (χ1n) is 8.14. The predicted octanol–water partition coefficient (Wildman–Crippen LogP) is 5.53. The molecule has 0 amide bonds. The molecule has 0 N–H and O–H groups in total. The summed E-state index contributed by atoms with van der Waals surface area (Å²) in [5.41, 5.74) is 0.504. The highest BCUT2D eigenvalue weighted by Crippen LogP contribution is 2.43. The zero-order valence-electron chi connectivity index (χ0n) is 12.7. The van der Waals surface area contributed by atoms with E-state index in [0.29, 0.717) is 6.42 Å². The van der Waals surface area contributed by atoms with E-state index in [-0.39, 0.29) is 11.4 Å². The molecule has 0 bridgehead atoms. The molecule has 2 unspecified atom stereocenters. The minimum absolute atomic E-state index is 0.236. The van der Waals surface area contributed by atoms with Crippen LogP contribution in [0.3, 0.4) is 0 Å².